The number of hydrogen-bond acceptors (Lipinski definition) is 3. The van der Waals surface area contributed by atoms with Crippen molar-refractivity contribution >= 4 is 10.0 Å². The van der Waals surface area contributed by atoms with E-state index in [4.69, 9.17) is 4.74 Å². The number of sulfonamides is 1. The molecule has 112 valence electrons. The summed E-state index contributed by atoms with van der Waals surface area (Å²) in [6, 6.07) is 9.34. The molecule has 1 heterocycles. The Kier molecular flexibility index (Phi) is 5.18. The largest absolute Gasteiger partial charge is 0.375 e. The van der Waals surface area contributed by atoms with Gasteiger partial charge in [0.25, 0.3) is 0 Å². The third-order valence-corrected chi connectivity index (χ3v) is 5.30. The van der Waals surface area contributed by atoms with E-state index in [1.165, 1.54) is 0 Å². The van der Waals surface area contributed by atoms with E-state index in [1.807, 2.05) is 44.2 Å². The molecule has 1 fully saturated rings. The predicted octanol–water partition coefficient (Wildman–Crippen LogP) is 2.41. The Balaban J connectivity index is 1.92. The van der Waals surface area contributed by atoms with E-state index in [9.17, 15) is 8.42 Å². The van der Waals surface area contributed by atoms with E-state index >= 15 is 0 Å². The molecule has 20 heavy (non-hydrogen) atoms. The first-order chi connectivity index (χ1) is 9.47. The van der Waals surface area contributed by atoms with Crippen LogP contribution in [0.4, 0.5) is 0 Å². The standard InChI is InChI=1S/C15H23NO3S/c1-13(2)19-15-8-10-16(11-9-15)20(17,18)12-14-6-4-3-5-7-14/h3-7,13,15H,8-12H2,1-2H3. The molecule has 0 bridgehead atoms. The van der Waals surface area contributed by atoms with Crippen molar-refractivity contribution in [2.75, 3.05) is 13.1 Å². The highest BCUT2D eigenvalue weighted by Crippen LogP contribution is 2.20. The van der Waals surface area contributed by atoms with E-state index in [0.29, 0.717) is 13.1 Å². The van der Waals surface area contributed by atoms with Gasteiger partial charge in [-0.05, 0) is 32.3 Å². The molecule has 0 aliphatic carbocycles. The van der Waals surface area contributed by atoms with Crippen molar-refractivity contribution in [2.45, 2.75) is 44.6 Å². The fourth-order valence-electron chi connectivity index (χ4n) is 2.51. The van der Waals surface area contributed by atoms with Crippen molar-refractivity contribution in [1.82, 2.24) is 4.31 Å². The van der Waals surface area contributed by atoms with Crippen molar-refractivity contribution in [2.24, 2.45) is 0 Å². The molecule has 0 amide bonds. The highest BCUT2D eigenvalue weighted by Gasteiger charge is 2.28. The Hall–Kier alpha value is -0.910. The molecule has 0 N–H and O–H groups in total. The van der Waals surface area contributed by atoms with Crippen molar-refractivity contribution in [1.29, 1.82) is 0 Å². The molecular weight excluding hydrogens is 274 g/mol. The van der Waals surface area contributed by atoms with Gasteiger partial charge >= 0.3 is 0 Å². The second-order valence-electron chi connectivity index (χ2n) is 5.53. The molecule has 4 nitrogen and oxygen atoms in total. The van der Waals surface area contributed by atoms with Crippen molar-refractivity contribution in [3.8, 4) is 0 Å². The molecule has 5 heteroatoms. The molecule has 0 radical (unpaired) electrons. The molecule has 0 aromatic heterocycles. The first-order valence-corrected chi connectivity index (χ1v) is 8.75. The maximum Gasteiger partial charge on any atom is 0.218 e. The molecule has 1 aromatic rings. The second kappa shape index (κ2) is 6.70. The minimum Gasteiger partial charge on any atom is -0.375 e. The van der Waals surface area contributed by atoms with E-state index < -0.39 is 10.0 Å². The molecule has 2 rings (SSSR count). The quantitative estimate of drug-likeness (QED) is 0.838. The van der Waals surface area contributed by atoms with Gasteiger partial charge in [-0.2, -0.15) is 0 Å². The number of piperidine rings is 1. The SMILES string of the molecule is CC(C)OC1CCN(S(=O)(=O)Cc2ccccc2)CC1. The topological polar surface area (TPSA) is 46.6 Å². The first-order valence-electron chi connectivity index (χ1n) is 7.14. The maximum absolute atomic E-state index is 12.4. The Morgan fingerprint density at radius 3 is 2.35 bits per heavy atom. The predicted molar refractivity (Wildman–Crippen MR) is 79.9 cm³/mol. The Morgan fingerprint density at radius 1 is 1.20 bits per heavy atom. The van der Waals surface area contributed by atoms with E-state index in [-0.39, 0.29) is 18.0 Å². The number of benzene rings is 1. The van der Waals surface area contributed by atoms with Gasteiger partial charge in [0, 0.05) is 13.1 Å². The summed E-state index contributed by atoms with van der Waals surface area (Å²) in [5.41, 5.74) is 0.841. The lowest BCUT2D eigenvalue weighted by molar-refractivity contribution is -0.0168. The average molecular weight is 297 g/mol. The van der Waals surface area contributed by atoms with Gasteiger partial charge in [0.05, 0.1) is 18.0 Å². The van der Waals surface area contributed by atoms with Crippen molar-refractivity contribution in [3.05, 3.63) is 35.9 Å². The average Bonchev–Trinajstić information content (AvgIpc) is 2.39. The van der Waals surface area contributed by atoms with Crippen LogP contribution in [0.25, 0.3) is 0 Å². The third kappa shape index (κ3) is 4.30. The van der Waals surface area contributed by atoms with Crippen molar-refractivity contribution in [3.63, 3.8) is 0 Å². The Morgan fingerprint density at radius 2 is 1.80 bits per heavy atom. The van der Waals surface area contributed by atoms with Crippen LogP contribution < -0.4 is 0 Å². The van der Waals surface area contributed by atoms with Gasteiger partial charge in [0.1, 0.15) is 0 Å². The second-order valence-corrected chi connectivity index (χ2v) is 7.49. The normalized spacial score (nSPS) is 18.6. The van der Waals surface area contributed by atoms with Crippen LogP contribution in [0.5, 0.6) is 0 Å². The minimum atomic E-state index is -3.21. The fraction of sp³-hybridized carbons (Fsp3) is 0.600. The molecule has 0 spiro atoms. The molecule has 1 aromatic carbocycles. The number of rotatable bonds is 5. The van der Waals surface area contributed by atoms with Crippen LogP contribution in [0, 0.1) is 0 Å². The van der Waals surface area contributed by atoms with Crippen LogP contribution in [-0.2, 0) is 20.5 Å². The van der Waals surface area contributed by atoms with Gasteiger partial charge in [-0.15, -0.1) is 0 Å². The lowest BCUT2D eigenvalue weighted by atomic mass is 10.1. The number of hydrogen-bond donors (Lipinski definition) is 0. The monoisotopic (exact) mass is 297 g/mol. The molecule has 0 unspecified atom stereocenters. The molecule has 0 saturated carbocycles. The van der Waals surface area contributed by atoms with Crippen LogP contribution >= 0.6 is 0 Å². The zero-order chi connectivity index (χ0) is 14.6. The van der Waals surface area contributed by atoms with Crippen LogP contribution in [0.3, 0.4) is 0 Å². The highest BCUT2D eigenvalue weighted by molar-refractivity contribution is 7.88. The summed E-state index contributed by atoms with van der Waals surface area (Å²) in [7, 11) is -3.21. The minimum absolute atomic E-state index is 0.0868. The summed E-state index contributed by atoms with van der Waals surface area (Å²) in [5, 5.41) is 0. The number of nitrogens with zero attached hydrogens (tertiary/aromatic N) is 1. The van der Waals surface area contributed by atoms with Gasteiger partial charge in [-0.25, -0.2) is 12.7 Å². The van der Waals surface area contributed by atoms with Crippen LogP contribution in [0.1, 0.15) is 32.3 Å². The van der Waals surface area contributed by atoms with Crippen LogP contribution in [-0.4, -0.2) is 38.0 Å². The summed E-state index contributed by atoms with van der Waals surface area (Å²) in [6.07, 6.45) is 1.96. The molecule has 0 atom stereocenters. The Bertz CT molecular complexity index is 505. The summed E-state index contributed by atoms with van der Waals surface area (Å²) in [5.74, 6) is 0.0868. The van der Waals surface area contributed by atoms with Gasteiger partial charge < -0.3 is 4.74 Å². The summed E-state index contributed by atoms with van der Waals surface area (Å²) in [6.45, 7) is 5.15. The molecule has 1 aliphatic rings. The zero-order valence-corrected chi connectivity index (χ0v) is 13.0. The highest BCUT2D eigenvalue weighted by atomic mass is 32.2. The fourth-order valence-corrected chi connectivity index (χ4v) is 4.07. The van der Waals surface area contributed by atoms with Crippen LogP contribution in [0.15, 0.2) is 30.3 Å². The van der Waals surface area contributed by atoms with Crippen LogP contribution in [0.2, 0.25) is 0 Å². The van der Waals surface area contributed by atoms with E-state index in [2.05, 4.69) is 0 Å². The smallest absolute Gasteiger partial charge is 0.218 e. The Labute approximate surface area is 121 Å². The molecule has 1 saturated heterocycles. The van der Waals surface area contributed by atoms with Gasteiger partial charge in [-0.3, -0.25) is 0 Å². The molecule has 1 aliphatic heterocycles. The van der Waals surface area contributed by atoms with E-state index in [0.717, 1.165) is 18.4 Å². The van der Waals surface area contributed by atoms with Gasteiger partial charge in [-0.1, -0.05) is 30.3 Å². The summed E-state index contributed by atoms with van der Waals surface area (Å²) >= 11 is 0. The first kappa shape index (κ1) is 15.5. The maximum atomic E-state index is 12.4. The number of ether oxygens (including phenoxy) is 1. The summed E-state index contributed by atoms with van der Waals surface area (Å²) in [4.78, 5) is 0. The van der Waals surface area contributed by atoms with Gasteiger partial charge in [0.2, 0.25) is 10.0 Å². The molecular formula is C15H23NO3S. The zero-order valence-electron chi connectivity index (χ0n) is 12.2. The van der Waals surface area contributed by atoms with Gasteiger partial charge in [0.15, 0.2) is 0 Å². The summed E-state index contributed by atoms with van der Waals surface area (Å²) < 4.78 is 32.1. The van der Waals surface area contributed by atoms with E-state index in [1.54, 1.807) is 4.31 Å². The van der Waals surface area contributed by atoms with Crippen molar-refractivity contribution < 1.29 is 13.2 Å². The lowest BCUT2D eigenvalue weighted by Crippen LogP contribution is -2.41. The lowest BCUT2D eigenvalue weighted by Gasteiger charge is -2.32. The third-order valence-electron chi connectivity index (χ3n) is 3.45.